The Bertz CT molecular complexity index is 334. The third kappa shape index (κ3) is 17.5. The maximum absolute atomic E-state index is 11.2. The van der Waals surface area contributed by atoms with E-state index in [0.29, 0.717) is 13.0 Å². The second kappa shape index (κ2) is 17.7. The van der Waals surface area contributed by atoms with Crippen molar-refractivity contribution in [3.63, 3.8) is 0 Å². The highest BCUT2D eigenvalue weighted by molar-refractivity contribution is 5.69. The van der Waals surface area contributed by atoms with Gasteiger partial charge in [-0.05, 0) is 39.3 Å². The first-order valence-electron chi connectivity index (χ1n) is 10.2. The van der Waals surface area contributed by atoms with E-state index < -0.39 is 5.97 Å². The first kappa shape index (κ1) is 23.9. The zero-order valence-corrected chi connectivity index (χ0v) is 16.4. The van der Waals surface area contributed by atoms with Crippen LogP contribution in [0.15, 0.2) is 0 Å². The first-order chi connectivity index (χ1) is 12.1. The maximum atomic E-state index is 11.2. The predicted molar refractivity (Wildman–Crippen MR) is 102 cm³/mol. The lowest BCUT2D eigenvalue weighted by molar-refractivity contribution is -0.143. The van der Waals surface area contributed by atoms with Crippen LogP contribution in [0.1, 0.15) is 90.9 Å². The van der Waals surface area contributed by atoms with Crippen LogP contribution < -0.4 is 0 Å². The van der Waals surface area contributed by atoms with Gasteiger partial charge >= 0.3 is 11.9 Å². The number of esters is 1. The van der Waals surface area contributed by atoms with Crippen LogP contribution in [0.5, 0.6) is 0 Å². The average Bonchev–Trinajstić information content (AvgIpc) is 2.56. The molecule has 0 fully saturated rings. The van der Waals surface area contributed by atoms with Gasteiger partial charge in [-0.2, -0.15) is 0 Å². The van der Waals surface area contributed by atoms with Gasteiger partial charge in [-0.3, -0.25) is 14.5 Å². The van der Waals surface area contributed by atoms with E-state index in [2.05, 4.69) is 11.8 Å². The second-order valence-electron chi connectivity index (χ2n) is 6.76. The summed E-state index contributed by atoms with van der Waals surface area (Å²) in [5.74, 6) is -0.862. The molecule has 0 unspecified atom stereocenters. The number of carbonyl (C=O) groups is 2. The summed E-state index contributed by atoms with van der Waals surface area (Å²) in [7, 11) is 0. The molecule has 0 radical (unpaired) electrons. The van der Waals surface area contributed by atoms with Crippen LogP contribution >= 0.6 is 0 Å². The maximum Gasteiger partial charge on any atom is 0.317 e. The smallest absolute Gasteiger partial charge is 0.317 e. The number of nitrogens with zero attached hydrogens (tertiary/aromatic N) is 1. The normalized spacial score (nSPS) is 11.0. The van der Waals surface area contributed by atoms with Crippen LogP contribution in [-0.2, 0) is 14.3 Å². The van der Waals surface area contributed by atoms with Crippen LogP contribution in [0.3, 0.4) is 0 Å². The number of unbranched alkanes of at least 4 members (excludes halogenated alkanes) is 9. The number of hydrogen-bond donors (Lipinski definition) is 1. The molecule has 0 heterocycles. The van der Waals surface area contributed by atoms with Crippen molar-refractivity contribution in [2.45, 2.75) is 90.9 Å². The molecule has 148 valence electrons. The van der Waals surface area contributed by atoms with Gasteiger partial charge in [0.05, 0.1) is 13.2 Å². The van der Waals surface area contributed by atoms with E-state index in [9.17, 15) is 9.59 Å². The van der Waals surface area contributed by atoms with Crippen molar-refractivity contribution in [1.82, 2.24) is 4.90 Å². The van der Waals surface area contributed by atoms with E-state index in [4.69, 9.17) is 9.84 Å². The molecule has 0 atom stereocenters. The fourth-order valence-corrected chi connectivity index (χ4v) is 2.95. The SMILES string of the molecule is CCCCCCCCCN(CCCCCCC(=O)OCC)CC(=O)O. The topological polar surface area (TPSA) is 66.8 Å². The lowest BCUT2D eigenvalue weighted by atomic mass is 10.1. The number of rotatable bonds is 18. The standard InChI is InChI=1S/C20H39NO4/c1-3-5-6-7-8-10-13-16-21(18-19(22)23)17-14-11-9-12-15-20(24)25-4-2/h3-18H2,1-2H3,(H,22,23). The van der Waals surface area contributed by atoms with Crippen molar-refractivity contribution < 1.29 is 19.4 Å². The quantitative estimate of drug-likeness (QED) is 0.286. The summed E-state index contributed by atoms with van der Waals surface area (Å²) >= 11 is 0. The molecular formula is C20H39NO4. The Morgan fingerprint density at radius 1 is 0.800 bits per heavy atom. The number of ether oxygens (including phenoxy) is 1. The highest BCUT2D eigenvalue weighted by Gasteiger charge is 2.09. The van der Waals surface area contributed by atoms with E-state index in [-0.39, 0.29) is 12.5 Å². The van der Waals surface area contributed by atoms with Gasteiger partial charge in [0, 0.05) is 6.42 Å². The summed E-state index contributed by atoms with van der Waals surface area (Å²) in [6.07, 6.45) is 13.1. The number of carbonyl (C=O) groups excluding carboxylic acids is 1. The Hall–Kier alpha value is -1.10. The second-order valence-corrected chi connectivity index (χ2v) is 6.76. The summed E-state index contributed by atoms with van der Waals surface area (Å²) < 4.78 is 4.90. The summed E-state index contributed by atoms with van der Waals surface area (Å²) in [5, 5.41) is 9.04. The summed E-state index contributed by atoms with van der Waals surface area (Å²) in [6, 6.07) is 0. The Balaban J connectivity index is 3.70. The molecule has 5 nitrogen and oxygen atoms in total. The minimum absolute atomic E-state index is 0.117. The Kier molecular flexibility index (Phi) is 16.9. The van der Waals surface area contributed by atoms with Gasteiger partial charge in [0.15, 0.2) is 0 Å². The molecule has 0 aromatic heterocycles. The van der Waals surface area contributed by atoms with E-state index in [1.807, 2.05) is 6.92 Å². The zero-order chi connectivity index (χ0) is 18.8. The molecule has 0 amide bonds. The molecule has 0 rings (SSSR count). The van der Waals surface area contributed by atoms with Gasteiger partial charge in [-0.1, -0.05) is 58.3 Å². The summed E-state index contributed by atoms with van der Waals surface area (Å²) in [5.41, 5.74) is 0. The van der Waals surface area contributed by atoms with Crippen LogP contribution in [0.4, 0.5) is 0 Å². The van der Waals surface area contributed by atoms with Crippen LogP contribution in [0.2, 0.25) is 0 Å². The van der Waals surface area contributed by atoms with Gasteiger partial charge in [-0.15, -0.1) is 0 Å². The Morgan fingerprint density at radius 3 is 1.84 bits per heavy atom. The molecule has 0 saturated carbocycles. The minimum Gasteiger partial charge on any atom is -0.480 e. The van der Waals surface area contributed by atoms with Crippen molar-refractivity contribution in [2.75, 3.05) is 26.2 Å². The van der Waals surface area contributed by atoms with Crippen LogP contribution in [-0.4, -0.2) is 48.2 Å². The van der Waals surface area contributed by atoms with Crippen molar-refractivity contribution in [3.05, 3.63) is 0 Å². The molecule has 0 spiro atoms. The van der Waals surface area contributed by atoms with Crippen molar-refractivity contribution in [2.24, 2.45) is 0 Å². The van der Waals surface area contributed by atoms with Gasteiger partial charge in [0.1, 0.15) is 0 Å². The average molecular weight is 358 g/mol. The molecule has 0 bridgehead atoms. The van der Waals surface area contributed by atoms with E-state index in [0.717, 1.165) is 45.2 Å². The third-order valence-electron chi connectivity index (χ3n) is 4.35. The summed E-state index contributed by atoms with van der Waals surface area (Å²) in [4.78, 5) is 24.3. The van der Waals surface area contributed by atoms with Gasteiger partial charge in [-0.25, -0.2) is 0 Å². The fourth-order valence-electron chi connectivity index (χ4n) is 2.95. The van der Waals surface area contributed by atoms with Crippen molar-refractivity contribution in [3.8, 4) is 0 Å². The lowest BCUT2D eigenvalue weighted by Crippen LogP contribution is -2.31. The number of aliphatic carboxylic acids is 1. The number of carboxylic acids is 1. The first-order valence-corrected chi connectivity index (χ1v) is 10.2. The molecular weight excluding hydrogens is 318 g/mol. The van der Waals surface area contributed by atoms with E-state index >= 15 is 0 Å². The fraction of sp³-hybridized carbons (Fsp3) is 0.900. The molecule has 1 N–H and O–H groups in total. The van der Waals surface area contributed by atoms with Crippen molar-refractivity contribution in [1.29, 1.82) is 0 Å². The molecule has 0 aliphatic carbocycles. The molecule has 0 aromatic rings. The molecule has 0 aromatic carbocycles. The monoisotopic (exact) mass is 357 g/mol. The highest BCUT2D eigenvalue weighted by Crippen LogP contribution is 2.09. The molecule has 0 aliphatic heterocycles. The predicted octanol–water partition coefficient (Wildman–Crippen LogP) is 4.64. The molecule has 25 heavy (non-hydrogen) atoms. The highest BCUT2D eigenvalue weighted by atomic mass is 16.5. The van der Waals surface area contributed by atoms with Crippen LogP contribution in [0, 0.1) is 0 Å². The van der Waals surface area contributed by atoms with Gasteiger partial charge in [0.2, 0.25) is 0 Å². The largest absolute Gasteiger partial charge is 0.480 e. The number of carboxylic acid groups (broad SMARTS) is 1. The van der Waals surface area contributed by atoms with Crippen LogP contribution in [0.25, 0.3) is 0 Å². The summed E-state index contributed by atoms with van der Waals surface area (Å²) in [6.45, 7) is 6.34. The number of hydrogen-bond acceptors (Lipinski definition) is 4. The lowest BCUT2D eigenvalue weighted by Gasteiger charge is -2.20. The zero-order valence-electron chi connectivity index (χ0n) is 16.4. The van der Waals surface area contributed by atoms with E-state index in [1.54, 1.807) is 0 Å². The third-order valence-corrected chi connectivity index (χ3v) is 4.35. The Labute approximate surface area is 154 Å². The van der Waals surface area contributed by atoms with Crippen molar-refractivity contribution >= 4 is 11.9 Å². The van der Waals surface area contributed by atoms with Gasteiger partial charge in [0.25, 0.3) is 0 Å². The minimum atomic E-state index is -0.745. The molecule has 0 aliphatic rings. The van der Waals surface area contributed by atoms with Gasteiger partial charge < -0.3 is 9.84 Å². The van der Waals surface area contributed by atoms with E-state index in [1.165, 1.54) is 38.5 Å². The Morgan fingerprint density at radius 2 is 1.32 bits per heavy atom. The molecule has 0 saturated heterocycles. The molecule has 5 heteroatoms.